The van der Waals surface area contributed by atoms with E-state index in [4.69, 9.17) is 0 Å². The number of alkyl halides is 3. The molecule has 0 saturated carbocycles. The maximum Gasteiger partial charge on any atom is 0.434 e. The van der Waals surface area contributed by atoms with Gasteiger partial charge in [-0.25, -0.2) is 13.4 Å². The molecule has 0 amide bonds. The minimum atomic E-state index is -4.42. The van der Waals surface area contributed by atoms with Crippen LogP contribution in [0.2, 0.25) is 0 Å². The van der Waals surface area contributed by atoms with Crippen LogP contribution in [-0.2, 0) is 22.4 Å². The van der Waals surface area contributed by atoms with Crippen molar-refractivity contribution in [2.24, 2.45) is 10.4 Å². The Hall–Kier alpha value is -1.36. The lowest BCUT2D eigenvalue weighted by molar-refractivity contribution is -0.140. The van der Waals surface area contributed by atoms with E-state index in [-0.39, 0.29) is 11.2 Å². The molecule has 11 heteroatoms. The summed E-state index contributed by atoms with van der Waals surface area (Å²) < 4.78 is 60.3. The van der Waals surface area contributed by atoms with Crippen LogP contribution in [0.25, 0.3) is 0 Å². The summed E-state index contributed by atoms with van der Waals surface area (Å²) in [6, 6.07) is 0. The molecule has 1 aromatic rings. The van der Waals surface area contributed by atoms with Gasteiger partial charge in [0.15, 0.2) is 11.7 Å². The van der Waals surface area contributed by atoms with Gasteiger partial charge < -0.3 is 10.6 Å². The average Bonchev–Trinajstić information content (AvgIpc) is 2.99. The largest absolute Gasteiger partial charge is 0.434 e. The van der Waals surface area contributed by atoms with Crippen LogP contribution in [0.4, 0.5) is 13.2 Å². The molecule has 1 heterocycles. The zero-order valence-electron chi connectivity index (χ0n) is 16.0. The Kier molecular flexibility index (Phi) is 8.52. The topological polar surface area (TPSA) is 83.5 Å². The number of hydrogen-bond donors (Lipinski definition) is 2. The molecule has 0 aliphatic carbocycles. The Labute approximate surface area is 162 Å². The van der Waals surface area contributed by atoms with E-state index in [1.807, 2.05) is 20.8 Å². The van der Waals surface area contributed by atoms with Crippen LogP contribution in [0.1, 0.15) is 37.9 Å². The molecule has 6 nitrogen and oxygen atoms in total. The van der Waals surface area contributed by atoms with E-state index in [0.717, 1.165) is 16.7 Å². The molecular formula is C16H27F3N4O2S2. The summed E-state index contributed by atoms with van der Waals surface area (Å²) >= 11 is 0.980. The van der Waals surface area contributed by atoms with E-state index in [9.17, 15) is 21.6 Å². The van der Waals surface area contributed by atoms with Crippen molar-refractivity contribution < 1.29 is 21.6 Å². The molecule has 2 N–H and O–H groups in total. The number of hydrogen-bond acceptors (Lipinski definition) is 5. The summed E-state index contributed by atoms with van der Waals surface area (Å²) in [5, 5.41) is 7.55. The molecule has 0 fully saturated rings. The first-order valence-corrected chi connectivity index (χ1v) is 11.5. The highest BCUT2D eigenvalue weighted by molar-refractivity contribution is 7.90. The SMILES string of the molecule is CCNC(=NCC(C)(C)CCS(C)(=O)=O)NCCc1nc(C(F)(F)F)cs1. The Morgan fingerprint density at radius 1 is 1.30 bits per heavy atom. The van der Waals surface area contributed by atoms with Crippen LogP contribution >= 0.6 is 11.3 Å². The summed E-state index contributed by atoms with van der Waals surface area (Å²) in [4.78, 5) is 8.06. The summed E-state index contributed by atoms with van der Waals surface area (Å²) in [6.07, 6.45) is -2.37. The van der Waals surface area contributed by atoms with Crippen molar-refractivity contribution in [2.75, 3.05) is 31.6 Å². The predicted molar refractivity (Wildman–Crippen MR) is 103 cm³/mol. The monoisotopic (exact) mass is 428 g/mol. The average molecular weight is 429 g/mol. The van der Waals surface area contributed by atoms with Crippen molar-refractivity contribution in [3.8, 4) is 0 Å². The molecule has 27 heavy (non-hydrogen) atoms. The normalized spacial score (nSPS) is 13.7. The van der Waals surface area contributed by atoms with Gasteiger partial charge in [-0.2, -0.15) is 13.2 Å². The number of sulfone groups is 1. The molecule has 0 bridgehead atoms. The quantitative estimate of drug-likeness (QED) is 0.467. The Balaban J connectivity index is 2.57. The Bertz CT molecular complexity index is 728. The molecule has 156 valence electrons. The molecule has 0 aliphatic rings. The first-order chi connectivity index (χ1) is 12.3. The molecule has 0 aromatic carbocycles. The standard InChI is InChI=1S/C16H27F3N4O2S2/c1-5-20-14(22-11-15(2,3)7-9-27(4,24)25)21-8-6-13-23-12(10-26-13)16(17,18)19/h10H,5-9,11H2,1-4H3,(H2,20,21,22). The van der Waals surface area contributed by atoms with Gasteiger partial charge in [-0.15, -0.1) is 11.3 Å². The second kappa shape index (κ2) is 9.72. The molecule has 0 atom stereocenters. The highest BCUT2D eigenvalue weighted by Gasteiger charge is 2.33. The minimum absolute atomic E-state index is 0.102. The summed E-state index contributed by atoms with van der Waals surface area (Å²) in [5.74, 6) is 0.642. The van der Waals surface area contributed by atoms with Crippen molar-refractivity contribution in [1.82, 2.24) is 15.6 Å². The molecule has 0 aliphatic heterocycles. The van der Waals surface area contributed by atoms with Crippen molar-refractivity contribution >= 4 is 27.1 Å². The van der Waals surface area contributed by atoms with Gasteiger partial charge in [0.1, 0.15) is 9.84 Å². The maximum absolute atomic E-state index is 12.6. The van der Waals surface area contributed by atoms with Gasteiger partial charge in [0.05, 0.1) is 10.8 Å². The molecule has 0 unspecified atom stereocenters. The lowest BCUT2D eigenvalue weighted by Gasteiger charge is -2.22. The maximum atomic E-state index is 12.6. The van der Waals surface area contributed by atoms with Crippen LogP contribution in [0, 0.1) is 5.41 Å². The third-order valence-electron chi connectivity index (χ3n) is 3.63. The first kappa shape index (κ1) is 23.7. The smallest absolute Gasteiger partial charge is 0.357 e. The fourth-order valence-corrected chi connectivity index (χ4v) is 3.75. The number of aliphatic imine (C=N–C) groups is 1. The zero-order valence-corrected chi connectivity index (χ0v) is 17.6. The van der Waals surface area contributed by atoms with Crippen LogP contribution in [0.15, 0.2) is 10.4 Å². The molecular weight excluding hydrogens is 401 g/mol. The Morgan fingerprint density at radius 2 is 1.96 bits per heavy atom. The van der Waals surface area contributed by atoms with Crippen molar-refractivity contribution in [3.63, 3.8) is 0 Å². The second-order valence-corrected chi connectivity index (χ2v) is 10.2. The fourth-order valence-electron chi connectivity index (χ4n) is 2.02. The van der Waals surface area contributed by atoms with Crippen molar-refractivity contribution in [1.29, 1.82) is 0 Å². The third kappa shape index (κ3) is 9.94. The number of rotatable bonds is 9. The number of aromatic nitrogens is 1. The first-order valence-electron chi connectivity index (χ1n) is 8.54. The van der Waals surface area contributed by atoms with Crippen LogP contribution in [0.5, 0.6) is 0 Å². The fraction of sp³-hybridized carbons (Fsp3) is 0.750. The molecule has 0 radical (unpaired) electrons. The highest BCUT2D eigenvalue weighted by Crippen LogP contribution is 2.30. The van der Waals surface area contributed by atoms with Crippen molar-refractivity contribution in [2.45, 2.75) is 39.8 Å². The number of halogens is 3. The number of thiazole rings is 1. The third-order valence-corrected chi connectivity index (χ3v) is 5.49. The van der Waals surface area contributed by atoms with Gasteiger partial charge in [0.2, 0.25) is 0 Å². The zero-order chi connectivity index (χ0) is 20.7. The number of nitrogens with one attached hydrogen (secondary N) is 2. The van der Waals surface area contributed by atoms with Crippen LogP contribution < -0.4 is 10.6 Å². The molecule has 1 aromatic heterocycles. The van der Waals surface area contributed by atoms with E-state index < -0.39 is 21.7 Å². The summed E-state index contributed by atoms with van der Waals surface area (Å²) in [5.41, 5.74) is -1.15. The molecule has 0 saturated heterocycles. The van der Waals surface area contributed by atoms with Gasteiger partial charge in [-0.3, -0.25) is 4.99 Å². The van der Waals surface area contributed by atoms with Gasteiger partial charge in [0.25, 0.3) is 0 Å². The number of nitrogens with zero attached hydrogens (tertiary/aromatic N) is 2. The van der Waals surface area contributed by atoms with Gasteiger partial charge in [-0.1, -0.05) is 13.8 Å². The second-order valence-electron chi connectivity index (χ2n) is 7.04. The van der Waals surface area contributed by atoms with E-state index in [0.29, 0.717) is 43.4 Å². The summed E-state index contributed by atoms with van der Waals surface area (Å²) in [7, 11) is -3.03. The minimum Gasteiger partial charge on any atom is -0.357 e. The van der Waals surface area contributed by atoms with E-state index in [1.54, 1.807) is 0 Å². The van der Waals surface area contributed by atoms with Gasteiger partial charge in [0, 0.05) is 37.7 Å². The van der Waals surface area contributed by atoms with Crippen molar-refractivity contribution in [3.05, 3.63) is 16.1 Å². The van der Waals surface area contributed by atoms with Gasteiger partial charge in [-0.05, 0) is 18.8 Å². The Morgan fingerprint density at radius 3 is 2.48 bits per heavy atom. The van der Waals surface area contributed by atoms with E-state index in [2.05, 4.69) is 20.6 Å². The van der Waals surface area contributed by atoms with E-state index >= 15 is 0 Å². The highest BCUT2D eigenvalue weighted by atomic mass is 32.2. The lowest BCUT2D eigenvalue weighted by atomic mass is 9.90. The number of guanidine groups is 1. The van der Waals surface area contributed by atoms with Crippen LogP contribution in [0.3, 0.4) is 0 Å². The molecule has 0 spiro atoms. The van der Waals surface area contributed by atoms with Crippen LogP contribution in [-0.4, -0.2) is 51.0 Å². The lowest BCUT2D eigenvalue weighted by Crippen LogP contribution is -2.39. The van der Waals surface area contributed by atoms with E-state index in [1.165, 1.54) is 6.26 Å². The summed E-state index contributed by atoms with van der Waals surface area (Å²) in [6.45, 7) is 7.24. The van der Waals surface area contributed by atoms with Gasteiger partial charge >= 0.3 is 6.18 Å². The molecule has 1 rings (SSSR count). The predicted octanol–water partition coefficient (Wildman–Crippen LogP) is 2.72.